The number of nitrogens with one attached hydrogen (secondary N) is 1. The SMILES string of the molecule is [CH2]NC(=O)COC1CC(F)(F)C1. The highest BCUT2D eigenvalue weighted by atomic mass is 19.3. The topological polar surface area (TPSA) is 38.3 Å². The molecule has 0 aliphatic heterocycles. The van der Waals surface area contributed by atoms with Crippen LogP contribution in [0, 0.1) is 7.05 Å². The molecule has 0 spiro atoms. The van der Waals surface area contributed by atoms with E-state index in [0.29, 0.717) is 0 Å². The maximum absolute atomic E-state index is 12.2. The van der Waals surface area contributed by atoms with Crippen LogP contribution < -0.4 is 5.32 Å². The molecule has 5 heteroatoms. The van der Waals surface area contributed by atoms with Gasteiger partial charge in [0.2, 0.25) is 5.91 Å². The molecule has 0 saturated heterocycles. The van der Waals surface area contributed by atoms with Gasteiger partial charge in [-0.1, -0.05) is 0 Å². The normalized spacial score (nSPS) is 21.6. The van der Waals surface area contributed by atoms with Crippen LogP contribution in [0.5, 0.6) is 0 Å². The van der Waals surface area contributed by atoms with E-state index in [2.05, 4.69) is 12.4 Å². The number of hydrogen-bond acceptors (Lipinski definition) is 2. The van der Waals surface area contributed by atoms with E-state index in [4.69, 9.17) is 4.74 Å². The van der Waals surface area contributed by atoms with Crippen molar-refractivity contribution in [2.24, 2.45) is 0 Å². The van der Waals surface area contributed by atoms with Crippen molar-refractivity contribution in [1.82, 2.24) is 5.32 Å². The van der Waals surface area contributed by atoms with Crippen molar-refractivity contribution >= 4 is 5.91 Å². The highest BCUT2D eigenvalue weighted by molar-refractivity contribution is 5.77. The van der Waals surface area contributed by atoms with Gasteiger partial charge in [-0.05, 0) is 0 Å². The first-order chi connectivity index (χ1) is 5.53. The van der Waals surface area contributed by atoms with Crippen molar-refractivity contribution in [3.8, 4) is 0 Å². The van der Waals surface area contributed by atoms with Gasteiger partial charge >= 0.3 is 0 Å². The lowest BCUT2D eigenvalue weighted by atomic mass is 9.91. The number of halogens is 2. The second-order valence-electron chi connectivity index (χ2n) is 2.80. The van der Waals surface area contributed by atoms with Crippen LogP contribution in [0.1, 0.15) is 12.8 Å². The van der Waals surface area contributed by atoms with Crippen LogP contribution in [0.15, 0.2) is 0 Å². The van der Waals surface area contributed by atoms with Gasteiger partial charge in [0, 0.05) is 19.9 Å². The molecule has 1 rings (SSSR count). The Bertz CT molecular complexity index is 176. The number of amides is 1. The van der Waals surface area contributed by atoms with E-state index in [9.17, 15) is 13.6 Å². The van der Waals surface area contributed by atoms with Crippen molar-refractivity contribution in [1.29, 1.82) is 0 Å². The standard InChI is InChI=1S/C7H10F2NO2/c1-10-6(11)4-12-5-2-7(8,9)3-5/h5H,1-4H2,(H,10,11). The molecule has 69 valence electrons. The molecule has 1 radical (unpaired) electrons. The Morgan fingerprint density at radius 1 is 1.67 bits per heavy atom. The summed E-state index contributed by atoms with van der Waals surface area (Å²) in [7, 11) is 3.11. The fraction of sp³-hybridized carbons (Fsp3) is 0.714. The van der Waals surface area contributed by atoms with E-state index < -0.39 is 17.9 Å². The lowest BCUT2D eigenvalue weighted by Gasteiger charge is -2.34. The molecule has 0 unspecified atom stereocenters. The Hall–Kier alpha value is -0.710. The summed E-state index contributed by atoms with van der Waals surface area (Å²) in [6.07, 6.45) is -1.04. The molecule has 0 atom stereocenters. The van der Waals surface area contributed by atoms with Gasteiger partial charge in [-0.2, -0.15) is 0 Å². The molecule has 0 aromatic heterocycles. The lowest BCUT2D eigenvalue weighted by molar-refractivity contribution is -0.170. The highest BCUT2D eigenvalue weighted by Gasteiger charge is 2.46. The van der Waals surface area contributed by atoms with Crippen LogP contribution in [-0.2, 0) is 9.53 Å². The Morgan fingerprint density at radius 3 is 2.67 bits per heavy atom. The number of alkyl halides is 2. The number of carbonyl (C=O) groups is 1. The molecule has 1 fully saturated rings. The van der Waals surface area contributed by atoms with Gasteiger partial charge in [-0.15, -0.1) is 0 Å². The van der Waals surface area contributed by atoms with Gasteiger partial charge in [0.15, 0.2) is 0 Å². The van der Waals surface area contributed by atoms with Crippen LogP contribution in [-0.4, -0.2) is 24.5 Å². The fourth-order valence-electron chi connectivity index (χ4n) is 0.969. The summed E-state index contributed by atoms with van der Waals surface area (Å²) in [6, 6.07) is 0. The summed E-state index contributed by atoms with van der Waals surface area (Å²) in [4.78, 5) is 10.5. The van der Waals surface area contributed by atoms with Crippen molar-refractivity contribution in [2.45, 2.75) is 24.9 Å². The molecule has 0 aromatic rings. The molecular formula is C7H10F2NO2. The molecule has 1 N–H and O–H groups in total. The summed E-state index contributed by atoms with van der Waals surface area (Å²) in [5.41, 5.74) is 0. The first-order valence-electron chi connectivity index (χ1n) is 3.59. The van der Waals surface area contributed by atoms with Crippen LogP contribution in [0.2, 0.25) is 0 Å². The van der Waals surface area contributed by atoms with Crippen molar-refractivity contribution < 1.29 is 18.3 Å². The third kappa shape index (κ3) is 2.41. The van der Waals surface area contributed by atoms with E-state index in [1.54, 1.807) is 0 Å². The summed E-state index contributed by atoms with van der Waals surface area (Å²) in [5, 5.41) is 2.09. The van der Waals surface area contributed by atoms with E-state index >= 15 is 0 Å². The van der Waals surface area contributed by atoms with Crippen molar-refractivity contribution in [3.05, 3.63) is 7.05 Å². The molecule has 1 amide bonds. The zero-order valence-corrected chi connectivity index (χ0v) is 6.48. The third-order valence-corrected chi connectivity index (χ3v) is 1.70. The van der Waals surface area contributed by atoms with Crippen LogP contribution in [0.3, 0.4) is 0 Å². The third-order valence-electron chi connectivity index (χ3n) is 1.70. The molecule has 0 heterocycles. The van der Waals surface area contributed by atoms with Crippen molar-refractivity contribution in [3.63, 3.8) is 0 Å². The van der Waals surface area contributed by atoms with E-state index in [-0.39, 0.29) is 19.4 Å². The second-order valence-corrected chi connectivity index (χ2v) is 2.80. The molecule has 0 bridgehead atoms. The molecule has 12 heavy (non-hydrogen) atoms. The molecule has 0 aromatic carbocycles. The number of rotatable bonds is 3. The van der Waals surface area contributed by atoms with Gasteiger partial charge in [-0.25, -0.2) is 8.78 Å². The average Bonchev–Trinajstić information content (AvgIpc) is 1.96. The Balaban J connectivity index is 2.08. The minimum Gasteiger partial charge on any atom is -0.368 e. The van der Waals surface area contributed by atoms with Gasteiger partial charge in [0.1, 0.15) is 6.61 Å². The van der Waals surface area contributed by atoms with E-state index in [1.165, 1.54) is 0 Å². The first-order valence-corrected chi connectivity index (χ1v) is 3.59. The van der Waals surface area contributed by atoms with Gasteiger partial charge in [-0.3, -0.25) is 4.79 Å². The zero-order chi connectivity index (χ0) is 9.19. The monoisotopic (exact) mass is 178 g/mol. The quantitative estimate of drug-likeness (QED) is 0.691. The first kappa shape index (κ1) is 9.38. The number of ether oxygens (including phenoxy) is 1. The summed E-state index contributed by atoms with van der Waals surface area (Å²) in [5.74, 6) is -2.99. The molecule has 1 aliphatic carbocycles. The summed E-state index contributed by atoms with van der Waals surface area (Å²) < 4.78 is 29.2. The van der Waals surface area contributed by atoms with Gasteiger partial charge in [0.25, 0.3) is 5.92 Å². The smallest absolute Gasteiger partial charge is 0.253 e. The van der Waals surface area contributed by atoms with E-state index in [1.807, 2.05) is 0 Å². The largest absolute Gasteiger partial charge is 0.368 e. The molecular weight excluding hydrogens is 168 g/mol. The summed E-state index contributed by atoms with van der Waals surface area (Å²) >= 11 is 0. The Morgan fingerprint density at radius 2 is 2.25 bits per heavy atom. The van der Waals surface area contributed by atoms with Crippen LogP contribution in [0.25, 0.3) is 0 Å². The Kier molecular flexibility index (Phi) is 2.62. The molecule has 1 aliphatic rings. The minimum absolute atomic E-state index is 0.190. The van der Waals surface area contributed by atoms with E-state index in [0.717, 1.165) is 0 Å². The number of carbonyl (C=O) groups excluding carboxylic acids is 1. The minimum atomic E-state index is -2.59. The lowest BCUT2D eigenvalue weighted by Crippen LogP contribution is -2.42. The predicted molar refractivity (Wildman–Crippen MR) is 37.4 cm³/mol. The highest BCUT2D eigenvalue weighted by Crippen LogP contribution is 2.39. The average molecular weight is 178 g/mol. The second kappa shape index (κ2) is 3.35. The van der Waals surface area contributed by atoms with Gasteiger partial charge < -0.3 is 10.1 Å². The predicted octanol–water partition coefficient (Wildman–Crippen LogP) is 0.708. The summed E-state index contributed by atoms with van der Waals surface area (Å²) in [6.45, 7) is -0.190. The fourth-order valence-corrected chi connectivity index (χ4v) is 0.969. The Labute approximate surface area is 69.1 Å². The maximum Gasteiger partial charge on any atom is 0.253 e. The van der Waals surface area contributed by atoms with Crippen LogP contribution >= 0.6 is 0 Å². The molecule has 1 saturated carbocycles. The van der Waals surface area contributed by atoms with Crippen molar-refractivity contribution in [2.75, 3.05) is 6.61 Å². The van der Waals surface area contributed by atoms with Gasteiger partial charge in [0.05, 0.1) is 6.10 Å². The molecule has 3 nitrogen and oxygen atoms in total. The zero-order valence-electron chi connectivity index (χ0n) is 6.48. The number of hydrogen-bond donors (Lipinski definition) is 1. The maximum atomic E-state index is 12.2. The van der Waals surface area contributed by atoms with Crippen LogP contribution in [0.4, 0.5) is 8.78 Å².